The van der Waals surface area contributed by atoms with Crippen molar-refractivity contribution in [2.75, 3.05) is 18.0 Å². The van der Waals surface area contributed by atoms with Crippen LogP contribution in [0.5, 0.6) is 0 Å². The molecule has 2 aliphatic carbocycles. The van der Waals surface area contributed by atoms with Crippen molar-refractivity contribution in [3.8, 4) is 0 Å². The first-order chi connectivity index (χ1) is 11.7. The minimum absolute atomic E-state index is 0.0492. The molecule has 2 aromatic rings. The average Bonchev–Trinajstić information content (AvgIpc) is 3.53. The third-order valence-electron chi connectivity index (χ3n) is 5.40. The Morgan fingerprint density at radius 1 is 1.04 bits per heavy atom. The minimum Gasteiger partial charge on any atom is -0.347 e. The monoisotopic (exact) mass is 346 g/mol. The quantitative estimate of drug-likeness (QED) is 0.847. The zero-order valence-corrected chi connectivity index (χ0v) is 14.7. The van der Waals surface area contributed by atoms with Crippen molar-refractivity contribution in [2.24, 2.45) is 7.05 Å². The summed E-state index contributed by atoms with van der Waals surface area (Å²) in [6.45, 7) is 1.94. The minimum atomic E-state index is 0.0492. The molecule has 2 aromatic heterocycles. The average molecular weight is 346 g/mol. The molecule has 3 heterocycles. The molecule has 1 aliphatic heterocycles. The summed E-state index contributed by atoms with van der Waals surface area (Å²) in [6.07, 6.45) is 6.79. The van der Waals surface area contributed by atoms with E-state index in [4.69, 9.17) is 4.98 Å². The molecule has 7 nitrogen and oxygen atoms in total. The van der Waals surface area contributed by atoms with Crippen molar-refractivity contribution in [2.45, 2.75) is 56.4 Å². The first kappa shape index (κ1) is 14.6. The van der Waals surface area contributed by atoms with Crippen molar-refractivity contribution >= 4 is 16.7 Å². The Labute approximate surface area is 144 Å². The van der Waals surface area contributed by atoms with Gasteiger partial charge in [0, 0.05) is 49.5 Å². The molecule has 0 unspecified atom stereocenters. The fraction of sp³-hybridized carbons (Fsp3) is 0.750. The molecule has 128 valence electrons. The van der Waals surface area contributed by atoms with Gasteiger partial charge in [-0.15, -0.1) is 0 Å². The van der Waals surface area contributed by atoms with Crippen LogP contribution in [0.15, 0.2) is 4.79 Å². The summed E-state index contributed by atoms with van der Waals surface area (Å²) in [5, 5.41) is 5.62. The highest BCUT2D eigenvalue weighted by atomic mass is 32.1. The summed E-state index contributed by atoms with van der Waals surface area (Å²) in [5.41, 5.74) is 0.0492. The van der Waals surface area contributed by atoms with Crippen molar-refractivity contribution in [1.82, 2.24) is 23.7 Å². The molecule has 0 bridgehead atoms. The zero-order valence-electron chi connectivity index (χ0n) is 13.9. The van der Waals surface area contributed by atoms with Crippen LogP contribution in [-0.4, -0.2) is 36.8 Å². The maximum atomic E-state index is 12.3. The van der Waals surface area contributed by atoms with E-state index in [9.17, 15) is 4.79 Å². The Morgan fingerprint density at radius 3 is 2.46 bits per heavy atom. The Morgan fingerprint density at radius 2 is 1.79 bits per heavy atom. The van der Waals surface area contributed by atoms with Gasteiger partial charge in [-0.2, -0.15) is 9.47 Å². The molecule has 2 saturated carbocycles. The van der Waals surface area contributed by atoms with Gasteiger partial charge in [0.05, 0.1) is 0 Å². The van der Waals surface area contributed by atoms with E-state index in [1.807, 2.05) is 4.57 Å². The van der Waals surface area contributed by atoms with E-state index in [1.165, 1.54) is 29.1 Å². The van der Waals surface area contributed by atoms with Crippen molar-refractivity contribution in [3.63, 3.8) is 0 Å². The topological polar surface area (TPSA) is 68.8 Å². The van der Waals surface area contributed by atoms with Gasteiger partial charge in [0.15, 0.2) is 0 Å². The molecule has 8 heteroatoms. The summed E-state index contributed by atoms with van der Waals surface area (Å²) in [6, 6.07) is 0.392. The first-order valence-corrected chi connectivity index (χ1v) is 9.72. The molecule has 0 amide bonds. The molecule has 0 spiro atoms. The molecule has 1 saturated heterocycles. The van der Waals surface area contributed by atoms with Crippen LogP contribution >= 0.6 is 11.5 Å². The summed E-state index contributed by atoms with van der Waals surface area (Å²) in [7, 11) is 1.76. The van der Waals surface area contributed by atoms with Crippen LogP contribution in [0.3, 0.4) is 0 Å². The lowest BCUT2D eigenvalue weighted by Crippen LogP contribution is -2.34. The lowest BCUT2D eigenvalue weighted by Gasteiger charge is -2.31. The number of aryl methyl sites for hydroxylation is 1. The van der Waals surface area contributed by atoms with Crippen molar-refractivity contribution < 1.29 is 0 Å². The van der Waals surface area contributed by atoms with Gasteiger partial charge >= 0.3 is 5.69 Å². The molecule has 0 atom stereocenters. The number of anilines is 1. The molecular weight excluding hydrogens is 324 g/mol. The largest absolute Gasteiger partial charge is 0.347 e. The van der Waals surface area contributed by atoms with Crippen LogP contribution in [0.1, 0.15) is 68.1 Å². The van der Waals surface area contributed by atoms with Crippen molar-refractivity contribution in [1.29, 1.82) is 0 Å². The summed E-state index contributed by atoms with van der Waals surface area (Å²) in [5.74, 6) is 3.05. The van der Waals surface area contributed by atoms with Gasteiger partial charge in [-0.1, -0.05) is 0 Å². The Balaban J connectivity index is 1.31. The van der Waals surface area contributed by atoms with Crippen LogP contribution in [0.25, 0.3) is 0 Å². The van der Waals surface area contributed by atoms with Gasteiger partial charge in [0.2, 0.25) is 5.13 Å². The number of hydrogen-bond donors (Lipinski definition) is 0. The van der Waals surface area contributed by atoms with Crippen LogP contribution in [-0.2, 0) is 7.05 Å². The van der Waals surface area contributed by atoms with Gasteiger partial charge in [-0.05, 0) is 38.5 Å². The maximum Gasteiger partial charge on any atom is 0.345 e. The second-order valence-corrected chi connectivity index (χ2v) is 8.07. The number of hydrogen-bond acceptors (Lipinski definition) is 6. The van der Waals surface area contributed by atoms with Gasteiger partial charge in [-0.25, -0.2) is 14.5 Å². The second kappa shape index (κ2) is 5.40. The summed E-state index contributed by atoms with van der Waals surface area (Å²) in [4.78, 5) is 19.4. The van der Waals surface area contributed by atoms with Crippen LogP contribution in [0, 0.1) is 0 Å². The highest BCUT2D eigenvalue weighted by Gasteiger charge is 2.34. The first-order valence-electron chi connectivity index (χ1n) is 8.94. The third kappa shape index (κ3) is 2.47. The molecule has 3 fully saturated rings. The smallest absolute Gasteiger partial charge is 0.345 e. The standard InChI is InChI=1S/C16H22N6OS/c1-20-16(23)22(12-4-5-12)14(18-20)11-6-8-21(9-7-11)15-17-13(19-24-15)10-2-3-10/h10-12H,2-9H2,1H3. The normalized spacial score (nSPS) is 22.3. The fourth-order valence-electron chi connectivity index (χ4n) is 3.64. The molecule has 0 N–H and O–H groups in total. The predicted octanol–water partition coefficient (Wildman–Crippen LogP) is 2.03. The highest BCUT2D eigenvalue weighted by Crippen LogP contribution is 2.41. The lowest BCUT2D eigenvalue weighted by atomic mass is 9.96. The van der Waals surface area contributed by atoms with Crippen LogP contribution in [0.2, 0.25) is 0 Å². The van der Waals surface area contributed by atoms with E-state index in [-0.39, 0.29) is 5.69 Å². The van der Waals surface area contributed by atoms with Gasteiger partial charge in [0.1, 0.15) is 11.6 Å². The molecule has 0 radical (unpaired) electrons. The van der Waals surface area contributed by atoms with Crippen LogP contribution in [0.4, 0.5) is 5.13 Å². The molecular formula is C16H22N6OS. The van der Waals surface area contributed by atoms with E-state index < -0.39 is 0 Å². The molecule has 5 rings (SSSR count). The summed E-state index contributed by atoms with van der Waals surface area (Å²) < 4.78 is 7.98. The Hall–Kier alpha value is -1.70. The molecule has 0 aromatic carbocycles. The predicted molar refractivity (Wildman–Crippen MR) is 91.8 cm³/mol. The van der Waals surface area contributed by atoms with E-state index in [2.05, 4.69) is 14.4 Å². The van der Waals surface area contributed by atoms with Gasteiger partial charge < -0.3 is 4.90 Å². The Bertz CT molecular complexity index is 807. The fourth-order valence-corrected chi connectivity index (χ4v) is 4.44. The number of rotatable bonds is 4. The maximum absolute atomic E-state index is 12.3. The lowest BCUT2D eigenvalue weighted by molar-refractivity contribution is 0.462. The van der Waals surface area contributed by atoms with E-state index >= 15 is 0 Å². The summed E-state index contributed by atoms with van der Waals surface area (Å²) >= 11 is 1.54. The number of nitrogens with zero attached hydrogens (tertiary/aromatic N) is 6. The number of aromatic nitrogens is 5. The van der Waals surface area contributed by atoms with E-state index in [0.717, 1.165) is 55.6 Å². The molecule has 3 aliphatic rings. The van der Waals surface area contributed by atoms with Gasteiger partial charge in [-0.3, -0.25) is 4.57 Å². The van der Waals surface area contributed by atoms with Crippen molar-refractivity contribution in [3.05, 3.63) is 22.1 Å². The zero-order chi connectivity index (χ0) is 16.3. The van der Waals surface area contributed by atoms with Gasteiger partial charge in [0.25, 0.3) is 0 Å². The van der Waals surface area contributed by atoms with E-state index in [1.54, 1.807) is 7.05 Å². The second-order valence-electron chi connectivity index (χ2n) is 7.34. The molecule has 24 heavy (non-hydrogen) atoms. The van der Waals surface area contributed by atoms with Crippen LogP contribution < -0.4 is 10.6 Å². The number of piperidine rings is 1. The van der Waals surface area contributed by atoms with E-state index in [0.29, 0.717) is 17.9 Å². The highest BCUT2D eigenvalue weighted by molar-refractivity contribution is 7.09. The SMILES string of the molecule is Cn1nc(C2CCN(c3nc(C4CC4)ns3)CC2)n(C2CC2)c1=O. The Kier molecular flexibility index (Phi) is 3.29. The third-order valence-corrected chi connectivity index (χ3v) is 6.19.